The van der Waals surface area contributed by atoms with Crippen molar-refractivity contribution in [3.8, 4) is 0 Å². The zero-order valence-corrected chi connectivity index (χ0v) is 10.2. The van der Waals surface area contributed by atoms with Gasteiger partial charge in [-0.25, -0.2) is 0 Å². The first kappa shape index (κ1) is 12.6. The van der Waals surface area contributed by atoms with Crippen LogP contribution in [-0.2, 0) is 13.2 Å². The number of aliphatic hydroxyl groups excluding tert-OH is 2. The maximum atomic E-state index is 9.09. The molecule has 0 bridgehead atoms. The van der Waals surface area contributed by atoms with Crippen LogP contribution in [0.3, 0.4) is 0 Å². The molecule has 1 fully saturated rings. The van der Waals surface area contributed by atoms with Gasteiger partial charge in [0, 0.05) is 19.1 Å². The minimum Gasteiger partial charge on any atom is -0.395 e. The van der Waals surface area contributed by atoms with Crippen molar-refractivity contribution in [1.82, 2.24) is 4.90 Å². The Labute approximate surface area is 103 Å². The lowest BCUT2D eigenvalue weighted by Crippen LogP contribution is -2.41. The van der Waals surface area contributed by atoms with E-state index in [9.17, 15) is 0 Å². The molecule has 2 N–H and O–H groups in total. The van der Waals surface area contributed by atoms with E-state index in [1.807, 2.05) is 12.1 Å². The van der Waals surface area contributed by atoms with Gasteiger partial charge in [0.2, 0.25) is 0 Å². The number of hydrogen-bond acceptors (Lipinski definition) is 3. The van der Waals surface area contributed by atoms with E-state index >= 15 is 0 Å². The summed E-state index contributed by atoms with van der Waals surface area (Å²) in [4.78, 5) is 2.36. The maximum Gasteiger partial charge on any atom is 0.0681 e. The second-order valence-electron chi connectivity index (χ2n) is 4.75. The van der Waals surface area contributed by atoms with Gasteiger partial charge in [0.05, 0.1) is 13.2 Å². The van der Waals surface area contributed by atoms with E-state index in [1.54, 1.807) is 0 Å². The molecular weight excluding hydrogens is 214 g/mol. The third kappa shape index (κ3) is 3.28. The molecule has 0 aliphatic heterocycles. The third-order valence-electron chi connectivity index (χ3n) is 3.57. The third-order valence-corrected chi connectivity index (χ3v) is 3.57. The van der Waals surface area contributed by atoms with Crippen LogP contribution in [0, 0.1) is 0 Å². The fourth-order valence-corrected chi connectivity index (χ4v) is 2.26. The normalized spacial score (nSPS) is 16.2. The fourth-order valence-electron chi connectivity index (χ4n) is 2.26. The average Bonchev–Trinajstić information content (AvgIpc) is 2.28. The highest BCUT2D eigenvalue weighted by Crippen LogP contribution is 2.25. The SMILES string of the molecule is OCCN(Cc1ccc(CO)cc1)C1CCC1. The first-order valence-corrected chi connectivity index (χ1v) is 6.37. The van der Waals surface area contributed by atoms with Crippen LogP contribution >= 0.6 is 0 Å². The van der Waals surface area contributed by atoms with Gasteiger partial charge in [-0.2, -0.15) is 0 Å². The average molecular weight is 235 g/mol. The molecule has 0 spiro atoms. The summed E-state index contributed by atoms with van der Waals surface area (Å²) in [6.07, 6.45) is 3.83. The summed E-state index contributed by atoms with van der Waals surface area (Å²) in [5.74, 6) is 0. The molecule has 0 aromatic heterocycles. The van der Waals surface area contributed by atoms with Gasteiger partial charge in [-0.05, 0) is 24.0 Å². The van der Waals surface area contributed by atoms with E-state index in [0.29, 0.717) is 6.04 Å². The van der Waals surface area contributed by atoms with E-state index in [4.69, 9.17) is 10.2 Å². The molecule has 3 heteroatoms. The molecule has 1 aromatic carbocycles. The highest BCUT2D eigenvalue weighted by atomic mass is 16.3. The Bertz CT molecular complexity index is 333. The molecule has 0 amide bonds. The molecule has 1 aromatic rings. The molecule has 0 radical (unpaired) electrons. The van der Waals surface area contributed by atoms with Gasteiger partial charge in [-0.1, -0.05) is 30.7 Å². The zero-order chi connectivity index (χ0) is 12.1. The number of nitrogens with zero attached hydrogens (tertiary/aromatic N) is 1. The molecule has 17 heavy (non-hydrogen) atoms. The lowest BCUT2D eigenvalue weighted by molar-refractivity contribution is 0.0945. The molecule has 1 aliphatic carbocycles. The van der Waals surface area contributed by atoms with Crippen LogP contribution in [-0.4, -0.2) is 34.3 Å². The largest absolute Gasteiger partial charge is 0.395 e. The minimum absolute atomic E-state index is 0.100. The van der Waals surface area contributed by atoms with E-state index in [1.165, 1.54) is 24.8 Å². The van der Waals surface area contributed by atoms with Crippen LogP contribution in [0.4, 0.5) is 0 Å². The van der Waals surface area contributed by atoms with Crippen LogP contribution in [0.1, 0.15) is 30.4 Å². The van der Waals surface area contributed by atoms with Gasteiger partial charge in [0.25, 0.3) is 0 Å². The van der Waals surface area contributed by atoms with Crippen LogP contribution in [0.2, 0.25) is 0 Å². The van der Waals surface area contributed by atoms with Gasteiger partial charge in [-0.3, -0.25) is 4.90 Å². The fraction of sp³-hybridized carbons (Fsp3) is 0.571. The van der Waals surface area contributed by atoms with Crippen LogP contribution < -0.4 is 0 Å². The van der Waals surface area contributed by atoms with Crippen molar-refractivity contribution in [2.75, 3.05) is 13.2 Å². The molecule has 0 unspecified atom stereocenters. The minimum atomic E-state index is 0.100. The van der Waals surface area contributed by atoms with Crippen LogP contribution in [0.25, 0.3) is 0 Å². The van der Waals surface area contributed by atoms with E-state index in [-0.39, 0.29) is 13.2 Å². The molecule has 0 saturated heterocycles. The zero-order valence-electron chi connectivity index (χ0n) is 10.2. The monoisotopic (exact) mass is 235 g/mol. The predicted octanol–water partition coefficient (Wildman–Crippen LogP) is 1.53. The Balaban J connectivity index is 1.95. The lowest BCUT2D eigenvalue weighted by atomic mass is 9.91. The molecule has 3 nitrogen and oxygen atoms in total. The van der Waals surface area contributed by atoms with Crippen molar-refractivity contribution < 1.29 is 10.2 Å². The second-order valence-corrected chi connectivity index (χ2v) is 4.75. The highest BCUT2D eigenvalue weighted by molar-refractivity contribution is 5.22. The summed E-state index contributed by atoms with van der Waals surface area (Å²) >= 11 is 0. The Morgan fingerprint density at radius 2 is 1.71 bits per heavy atom. The summed E-state index contributed by atoms with van der Waals surface area (Å²) in [6, 6.07) is 8.71. The Morgan fingerprint density at radius 3 is 2.18 bits per heavy atom. The summed E-state index contributed by atoms with van der Waals surface area (Å²) in [6.45, 7) is 1.98. The number of benzene rings is 1. The first-order valence-electron chi connectivity index (χ1n) is 6.37. The topological polar surface area (TPSA) is 43.7 Å². The lowest BCUT2D eigenvalue weighted by Gasteiger charge is -2.37. The molecule has 0 heterocycles. The molecule has 0 atom stereocenters. The Hall–Kier alpha value is -0.900. The molecule has 1 saturated carbocycles. The number of rotatable bonds is 6. The molecular formula is C14H21NO2. The van der Waals surface area contributed by atoms with Crippen molar-refractivity contribution in [2.45, 2.75) is 38.5 Å². The summed E-state index contributed by atoms with van der Waals surface area (Å²) in [5, 5.41) is 18.1. The number of hydrogen-bond donors (Lipinski definition) is 2. The van der Waals surface area contributed by atoms with E-state index in [0.717, 1.165) is 18.7 Å². The summed E-state index contributed by atoms with van der Waals surface area (Å²) in [7, 11) is 0. The molecule has 94 valence electrons. The highest BCUT2D eigenvalue weighted by Gasteiger charge is 2.24. The van der Waals surface area contributed by atoms with Crippen molar-refractivity contribution >= 4 is 0 Å². The first-order chi connectivity index (χ1) is 8.33. The van der Waals surface area contributed by atoms with Crippen LogP contribution in [0.15, 0.2) is 24.3 Å². The van der Waals surface area contributed by atoms with Gasteiger partial charge >= 0.3 is 0 Å². The van der Waals surface area contributed by atoms with Gasteiger partial charge < -0.3 is 10.2 Å². The Kier molecular flexibility index (Phi) is 4.54. The summed E-state index contributed by atoms with van der Waals surface area (Å²) < 4.78 is 0. The van der Waals surface area contributed by atoms with E-state index in [2.05, 4.69) is 17.0 Å². The van der Waals surface area contributed by atoms with Crippen molar-refractivity contribution in [1.29, 1.82) is 0 Å². The van der Waals surface area contributed by atoms with Gasteiger partial charge in [0.15, 0.2) is 0 Å². The quantitative estimate of drug-likeness (QED) is 0.786. The summed E-state index contributed by atoms with van der Waals surface area (Å²) in [5.41, 5.74) is 2.20. The van der Waals surface area contributed by atoms with Crippen molar-refractivity contribution in [3.63, 3.8) is 0 Å². The van der Waals surface area contributed by atoms with Crippen LogP contribution in [0.5, 0.6) is 0 Å². The van der Waals surface area contributed by atoms with Gasteiger partial charge in [-0.15, -0.1) is 0 Å². The van der Waals surface area contributed by atoms with Crippen molar-refractivity contribution in [3.05, 3.63) is 35.4 Å². The van der Waals surface area contributed by atoms with Crippen molar-refractivity contribution in [2.24, 2.45) is 0 Å². The molecule has 1 aliphatic rings. The van der Waals surface area contributed by atoms with Gasteiger partial charge in [0.1, 0.15) is 0 Å². The smallest absolute Gasteiger partial charge is 0.0681 e. The Morgan fingerprint density at radius 1 is 1.06 bits per heavy atom. The second kappa shape index (κ2) is 6.15. The standard InChI is InChI=1S/C14H21NO2/c16-9-8-15(14-2-1-3-14)10-12-4-6-13(11-17)7-5-12/h4-7,14,16-17H,1-3,8-11H2. The van der Waals surface area contributed by atoms with E-state index < -0.39 is 0 Å². The predicted molar refractivity (Wildman–Crippen MR) is 67.5 cm³/mol. The molecule has 2 rings (SSSR count). The maximum absolute atomic E-state index is 9.09. The number of aliphatic hydroxyl groups is 2.